The second-order valence-electron chi connectivity index (χ2n) is 5.52. The third kappa shape index (κ3) is 4.99. The van der Waals surface area contributed by atoms with E-state index in [1.807, 2.05) is 6.07 Å². The van der Waals surface area contributed by atoms with E-state index >= 15 is 0 Å². The van der Waals surface area contributed by atoms with Gasteiger partial charge in [0.05, 0.1) is 11.4 Å². The highest BCUT2D eigenvalue weighted by Gasteiger charge is 2.19. The van der Waals surface area contributed by atoms with Gasteiger partial charge in [0.25, 0.3) is 11.8 Å². The van der Waals surface area contributed by atoms with Crippen LogP contribution in [0.25, 0.3) is 0 Å². The molecule has 0 saturated heterocycles. The molecule has 5 N–H and O–H groups in total. The number of nitrogens with zero attached hydrogens (tertiary/aromatic N) is 2. The van der Waals surface area contributed by atoms with Crippen LogP contribution in [0.15, 0.2) is 59.4 Å². The number of aromatic nitrogens is 1. The Bertz CT molecular complexity index is 878. The van der Waals surface area contributed by atoms with Crippen LogP contribution in [0.3, 0.4) is 0 Å². The van der Waals surface area contributed by atoms with Crippen LogP contribution in [0.2, 0.25) is 0 Å². The maximum Gasteiger partial charge on any atom is 0.269 e. The molecule has 0 bridgehead atoms. The normalized spacial score (nSPS) is 12.6. The molecule has 0 spiro atoms. The molecule has 1 heterocycles. The van der Waals surface area contributed by atoms with E-state index in [0.29, 0.717) is 11.3 Å². The molecule has 27 heavy (non-hydrogen) atoms. The van der Waals surface area contributed by atoms with Gasteiger partial charge in [0.15, 0.2) is 0 Å². The largest absolute Gasteiger partial charge is 0.403 e. The zero-order valence-corrected chi connectivity index (χ0v) is 15.0. The molecule has 0 aliphatic heterocycles. The summed E-state index contributed by atoms with van der Waals surface area (Å²) in [6.07, 6.45) is 1.49. The van der Waals surface area contributed by atoms with E-state index in [-0.39, 0.29) is 17.0 Å². The molecular formula is C19H21N5O3. The van der Waals surface area contributed by atoms with Crippen molar-refractivity contribution in [3.63, 3.8) is 0 Å². The van der Waals surface area contributed by atoms with Crippen LogP contribution in [0.4, 0.5) is 0 Å². The van der Waals surface area contributed by atoms with Crippen molar-refractivity contribution in [2.45, 2.75) is 6.10 Å². The first-order chi connectivity index (χ1) is 13.0. The molecule has 1 atom stereocenters. The fourth-order valence-corrected chi connectivity index (χ4v) is 2.33. The van der Waals surface area contributed by atoms with Gasteiger partial charge in [-0.25, -0.2) is 4.98 Å². The molecule has 8 heteroatoms. The third-order valence-corrected chi connectivity index (χ3v) is 3.67. The van der Waals surface area contributed by atoms with Crippen LogP contribution in [-0.2, 0) is 0 Å². The molecule has 1 aromatic heterocycles. The second kappa shape index (κ2) is 9.25. The summed E-state index contributed by atoms with van der Waals surface area (Å²) in [5, 5.41) is 15.6. The number of benzene rings is 1. The van der Waals surface area contributed by atoms with Crippen molar-refractivity contribution in [1.82, 2.24) is 15.6 Å². The summed E-state index contributed by atoms with van der Waals surface area (Å²) in [7, 11) is 3.00. The number of carbonyl (C=O) groups excluding carboxylic acids is 2. The van der Waals surface area contributed by atoms with Gasteiger partial charge in [0.1, 0.15) is 11.8 Å². The molecule has 2 amide bonds. The number of allylic oxidation sites excluding steroid dienone is 1. The highest BCUT2D eigenvalue weighted by atomic mass is 16.3. The molecule has 140 valence electrons. The Balaban J connectivity index is 2.45. The molecule has 2 rings (SSSR count). The Morgan fingerprint density at radius 2 is 1.93 bits per heavy atom. The number of amides is 2. The van der Waals surface area contributed by atoms with E-state index in [0.717, 1.165) is 0 Å². The Labute approximate surface area is 156 Å². The lowest BCUT2D eigenvalue weighted by Gasteiger charge is -2.14. The molecule has 0 radical (unpaired) electrons. The van der Waals surface area contributed by atoms with Crippen LogP contribution in [-0.4, -0.2) is 42.2 Å². The van der Waals surface area contributed by atoms with Crippen LogP contribution >= 0.6 is 0 Å². The molecule has 8 nitrogen and oxygen atoms in total. The molecule has 0 saturated carbocycles. The number of nitrogens with one attached hydrogen (secondary N) is 2. The van der Waals surface area contributed by atoms with Gasteiger partial charge in [-0.3, -0.25) is 14.6 Å². The molecule has 0 aliphatic rings. The number of aliphatic imine (C=N–C) groups is 1. The van der Waals surface area contributed by atoms with E-state index in [1.54, 1.807) is 31.3 Å². The SMILES string of the molecule is CN=CC(=CN)NC(=O)c1cc(C(=O)NC)nc(C(O)c2ccccc2)c1. The number of hydrogen-bond donors (Lipinski definition) is 4. The maximum absolute atomic E-state index is 12.6. The van der Waals surface area contributed by atoms with Gasteiger partial charge in [-0.05, 0) is 17.7 Å². The van der Waals surface area contributed by atoms with Crippen LogP contribution < -0.4 is 16.4 Å². The summed E-state index contributed by atoms with van der Waals surface area (Å²) in [6.45, 7) is 0. The second-order valence-corrected chi connectivity index (χ2v) is 5.52. The van der Waals surface area contributed by atoms with Gasteiger partial charge >= 0.3 is 0 Å². The number of hydrogen-bond acceptors (Lipinski definition) is 6. The molecular weight excluding hydrogens is 346 g/mol. The lowest BCUT2D eigenvalue weighted by Crippen LogP contribution is -2.26. The minimum Gasteiger partial charge on any atom is -0.403 e. The fourth-order valence-electron chi connectivity index (χ4n) is 2.33. The third-order valence-electron chi connectivity index (χ3n) is 3.67. The van der Waals surface area contributed by atoms with Crippen molar-refractivity contribution in [2.75, 3.05) is 14.1 Å². The maximum atomic E-state index is 12.6. The van der Waals surface area contributed by atoms with Crippen molar-refractivity contribution in [3.8, 4) is 0 Å². The summed E-state index contributed by atoms with van der Waals surface area (Å²) < 4.78 is 0. The summed E-state index contributed by atoms with van der Waals surface area (Å²) in [4.78, 5) is 32.6. The zero-order chi connectivity index (χ0) is 19.8. The van der Waals surface area contributed by atoms with Crippen molar-refractivity contribution < 1.29 is 14.7 Å². The smallest absolute Gasteiger partial charge is 0.269 e. The van der Waals surface area contributed by atoms with E-state index in [4.69, 9.17) is 5.73 Å². The van der Waals surface area contributed by atoms with Crippen molar-refractivity contribution in [1.29, 1.82) is 0 Å². The van der Waals surface area contributed by atoms with Gasteiger partial charge in [0, 0.05) is 32.1 Å². The standard InChI is InChI=1S/C19H21N5O3/c1-21-11-14(10-20)23-18(26)13-8-15(24-16(9-13)19(27)22-2)17(25)12-6-4-3-5-7-12/h3-11,17,25H,20H2,1-2H3,(H,22,27)(H,23,26). The summed E-state index contributed by atoms with van der Waals surface area (Å²) in [5.74, 6) is -0.989. The van der Waals surface area contributed by atoms with Gasteiger partial charge in [-0.2, -0.15) is 0 Å². The number of carbonyl (C=O) groups is 2. The lowest BCUT2D eigenvalue weighted by atomic mass is 10.0. The average molecular weight is 367 g/mol. The summed E-state index contributed by atoms with van der Waals surface area (Å²) in [6, 6.07) is 11.6. The van der Waals surface area contributed by atoms with E-state index < -0.39 is 17.9 Å². The molecule has 1 aromatic carbocycles. The van der Waals surface area contributed by atoms with Crippen molar-refractivity contribution >= 4 is 18.0 Å². The summed E-state index contributed by atoms with van der Waals surface area (Å²) >= 11 is 0. The van der Waals surface area contributed by atoms with Crippen LogP contribution in [0.5, 0.6) is 0 Å². The van der Waals surface area contributed by atoms with E-state index in [2.05, 4.69) is 20.6 Å². The number of aliphatic hydroxyl groups excluding tert-OH is 1. The average Bonchev–Trinajstić information content (AvgIpc) is 2.72. The van der Waals surface area contributed by atoms with Gasteiger partial charge in [-0.15, -0.1) is 0 Å². The first-order valence-electron chi connectivity index (χ1n) is 8.12. The van der Waals surface area contributed by atoms with Gasteiger partial charge < -0.3 is 21.5 Å². The van der Waals surface area contributed by atoms with Crippen molar-refractivity contribution in [2.24, 2.45) is 10.7 Å². The number of rotatable bonds is 6. The Morgan fingerprint density at radius 3 is 2.52 bits per heavy atom. The molecule has 0 aliphatic carbocycles. The van der Waals surface area contributed by atoms with Crippen molar-refractivity contribution in [3.05, 3.63) is 76.9 Å². The predicted molar refractivity (Wildman–Crippen MR) is 102 cm³/mol. The minimum atomic E-state index is -1.09. The minimum absolute atomic E-state index is 0.0116. The fraction of sp³-hybridized carbons (Fsp3) is 0.158. The zero-order valence-electron chi connectivity index (χ0n) is 15.0. The highest BCUT2D eigenvalue weighted by Crippen LogP contribution is 2.21. The first kappa shape index (κ1) is 19.8. The molecule has 0 fully saturated rings. The lowest BCUT2D eigenvalue weighted by molar-refractivity contribution is 0.0957. The van der Waals surface area contributed by atoms with E-state index in [1.165, 1.54) is 31.6 Å². The quantitative estimate of drug-likeness (QED) is 0.560. The number of aliphatic hydroxyl groups is 1. The monoisotopic (exact) mass is 367 g/mol. The number of pyridine rings is 1. The first-order valence-corrected chi connectivity index (χ1v) is 8.12. The Morgan fingerprint density at radius 1 is 1.22 bits per heavy atom. The Hall–Kier alpha value is -3.52. The van der Waals surface area contributed by atoms with Gasteiger partial charge in [0.2, 0.25) is 0 Å². The van der Waals surface area contributed by atoms with Crippen LogP contribution in [0, 0.1) is 0 Å². The highest BCUT2D eigenvalue weighted by molar-refractivity contribution is 6.01. The number of nitrogens with two attached hydrogens (primary N) is 1. The van der Waals surface area contributed by atoms with Gasteiger partial charge in [-0.1, -0.05) is 30.3 Å². The predicted octanol–water partition coefficient (Wildman–Crippen LogP) is 0.753. The van der Waals surface area contributed by atoms with Crippen LogP contribution in [0.1, 0.15) is 38.2 Å². The summed E-state index contributed by atoms with van der Waals surface area (Å²) in [5.41, 5.74) is 6.68. The van der Waals surface area contributed by atoms with E-state index in [9.17, 15) is 14.7 Å². The Kier molecular flexibility index (Phi) is 6.79. The molecule has 2 aromatic rings. The molecule has 1 unspecified atom stereocenters. The topological polar surface area (TPSA) is 130 Å².